The van der Waals surface area contributed by atoms with Gasteiger partial charge < -0.3 is 5.32 Å². The highest BCUT2D eigenvalue weighted by atomic mass is 35.5. The Balaban J connectivity index is 1.80. The summed E-state index contributed by atoms with van der Waals surface area (Å²) in [5, 5.41) is 3.59. The van der Waals surface area contributed by atoms with Crippen LogP contribution in [0, 0.1) is 0 Å². The molecule has 1 saturated carbocycles. The Morgan fingerprint density at radius 1 is 1.53 bits per heavy atom. The molecular formula is C12H18ClN3O2S. The van der Waals surface area contributed by atoms with E-state index in [2.05, 4.69) is 15.0 Å². The van der Waals surface area contributed by atoms with E-state index in [0.29, 0.717) is 11.7 Å². The molecular weight excluding hydrogens is 286 g/mol. The number of halogens is 1. The first-order valence-electron chi connectivity index (χ1n) is 6.32. The molecule has 1 aromatic rings. The van der Waals surface area contributed by atoms with E-state index in [1.165, 1.54) is 0 Å². The quantitative estimate of drug-likeness (QED) is 0.748. The highest BCUT2D eigenvalue weighted by molar-refractivity contribution is 7.89. The predicted octanol–water partition coefficient (Wildman–Crippen LogP) is 1.47. The normalized spacial score (nSPS) is 17.4. The van der Waals surface area contributed by atoms with E-state index in [1.807, 2.05) is 19.1 Å². The molecule has 1 heterocycles. The summed E-state index contributed by atoms with van der Waals surface area (Å²) in [5.74, 6) is 0.0751. The van der Waals surface area contributed by atoms with Crippen molar-refractivity contribution in [2.75, 3.05) is 12.3 Å². The van der Waals surface area contributed by atoms with Crippen LogP contribution in [0.15, 0.2) is 18.3 Å². The van der Waals surface area contributed by atoms with Gasteiger partial charge in [0.05, 0.1) is 5.75 Å². The van der Waals surface area contributed by atoms with Crippen molar-refractivity contribution in [3.05, 3.63) is 29.0 Å². The fourth-order valence-electron chi connectivity index (χ4n) is 1.76. The van der Waals surface area contributed by atoms with Crippen LogP contribution >= 0.6 is 11.6 Å². The lowest BCUT2D eigenvalue weighted by atomic mass is 10.1. The highest BCUT2D eigenvalue weighted by Gasteiger charge is 2.26. The third-order valence-electron chi connectivity index (χ3n) is 3.00. The summed E-state index contributed by atoms with van der Waals surface area (Å²) >= 11 is 5.98. The number of pyridine rings is 1. The Morgan fingerprint density at radius 2 is 2.26 bits per heavy atom. The average Bonchev–Trinajstić information content (AvgIpc) is 3.12. The summed E-state index contributed by atoms with van der Waals surface area (Å²) in [5.41, 5.74) is 0.872. The summed E-state index contributed by atoms with van der Waals surface area (Å²) in [6.45, 7) is 2.32. The van der Waals surface area contributed by atoms with E-state index in [4.69, 9.17) is 11.6 Å². The van der Waals surface area contributed by atoms with Crippen LogP contribution in [0.1, 0.15) is 31.4 Å². The second-order valence-corrected chi connectivity index (χ2v) is 7.00. The monoisotopic (exact) mass is 303 g/mol. The number of rotatable bonds is 7. The molecule has 1 fully saturated rings. The zero-order valence-corrected chi connectivity index (χ0v) is 12.3. The van der Waals surface area contributed by atoms with Gasteiger partial charge in [-0.25, -0.2) is 18.1 Å². The van der Waals surface area contributed by atoms with Gasteiger partial charge in [-0.3, -0.25) is 0 Å². The number of hydrogen-bond acceptors (Lipinski definition) is 4. The molecule has 1 aliphatic rings. The van der Waals surface area contributed by atoms with Crippen LogP contribution < -0.4 is 10.0 Å². The van der Waals surface area contributed by atoms with Gasteiger partial charge in [0.15, 0.2) is 0 Å². The Bertz CT molecular complexity index is 532. The molecule has 0 aliphatic heterocycles. The van der Waals surface area contributed by atoms with Gasteiger partial charge in [0.1, 0.15) is 5.15 Å². The summed E-state index contributed by atoms with van der Waals surface area (Å²) in [7, 11) is -3.17. The maximum Gasteiger partial charge on any atom is 0.213 e. The van der Waals surface area contributed by atoms with Gasteiger partial charge in [-0.05, 0) is 25.8 Å². The first kappa shape index (κ1) is 14.7. The average molecular weight is 304 g/mol. The van der Waals surface area contributed by atoms with Crippen LogP contribution in [0.2, 0.25) is 5.15 Å². The van der Waals surface area contributed by atoms with E-state index < -0.39 is 10.0 Å². The lowest BCUT2D eigenvalue weighted by molar-refractivity contribution is 0.561. The minimum absolute atomic E-state index is 0.0303. The zero-order chi connectivity index (χ0) is 13.9. The second-order valence-electron chi connectivity index (χ2n) is 4.77. The van der Waals surface area contributed by atoms with Gasteiger partial charge in [0.2, 0.25) is 10.0 Å². The van der Waals surface area contributed by atoms with E-state index in [1.54, 1.807) is 6.20 Å². The lowest BCUT2D eigenvalue weighted by Gasteiger charge is -2.15. The molecule has 5 nitrogen and oxygen atoms in total. The summed E-state index contributed by atoms with van der Waals surface area (Å²) in [4.78, 5) is 4.00. The molecule has 2 rings (SSSR count). The topological polar surface area (TPSA) is 71.1 Å². The first-order chi connectivity index (χ1) is 8.98. The van der Waals surface area contributed by atoms with E-state index in [0.717, 1.165) is 18.4 Å². The van der Waals surface area contributed by atoms with E-state index in [9.17, 15) is 8.42 Å². The molecule has 2 N–H and O–H groups in total. The molecule has 106 valence electrons. The van der Waals surface area contributed by atoms with E-state index in [-0.39, 0.29) is 17.8 Å². The first-order valence-corrected chi connectivity index (χ1v) is 8.35. The molecule has 0 bridgehead atoms. The molecule has 0 aromatic carbocycles. The number of aromatic nitrogens is 1. The second kappa shape index (κ2) is 6.17. The van der Waals surface area contributed by atoms with Gasteiger partial charge >= 0.3 is 0 Å². The van der Waals surface area contributed by atoms with Crippen molar-refractivity contribution in [3.8, 4) is 0 Å². The largest absolute Gasteiger partial charge is 0.309 e. The minimum atomic E-state index is -3.17. The Labute approximate surface area is 118 Å². The third kappa shape index (κ3) is 4.72. The minimum Gasteiger partial charge on any atom is -0.309 e. The van der Waals surface area contributed by atoms with Crippen LogP contribution in [0.4, 0.5) is 0 Å². The molecule has 0 spiro atoms. The van der Waals surface area contributed by atoms with Crippen LogP contribution in [-0.4, -0.2) is 31.7 Å². The lowest BCUT2D eigenvalue weighted by Crippen LogP contribution is -2.34. The summed E-state index contributed by atoms with van der Waals surface area (Å²) < 4.78 is 26.0. The fourth-order valence-corrected chi connectivity index (χ4v) is 3.29. The SMILES string of the molecule is CC(NCCS(=O)(=O)NC1CC1)c1cccnc1Cl. The van der Waals surface area contributed by atoms with Crippen molar-refractivity contribution >= 4 is 21.6 Å². The maximum absolute atomic E-state index is 11.7. The molecule has 0 saturated heterocycles. The van der Waals surface area contributed by atoms with Gasteiger partial charge in [-0.2, -0.15) is 0 Å². The Kier molecular flexibility index (Phi) is 4.78. The van der Waals surface area contributed by atoms with Crippen LogP contribution in [0.5, 0.6) is 0 Å². The van der Waals surface area contributed by atoms with Crippen LogP contribution in [0.25, 0.3) is 0 Å². The molecule has 19 heavy (non-hydrogen) atoms. The van der Waals surface area contributed by atoms with Gasteiger partial charge in [0, 0.05) is 30.4 Å². The third-order valence-corrected chi connectivity index (χ3v) is 4.75. The van der Waals surface area contributed by atoms with Crippen LogP contribution in [0.3, 0.4) is 0 Å². The van der Waals surface area contributed by atoms with Crippen molar-refractivity contribution in [1.82, 2.24) is 15.0 Å². The molecule has 1 aliphatic carbocycles. The molecule has 1 unspecified atom stereocenters. The van der Waals surface area contributed by atoms with Gasteiger partial charge in [-0.15, -0.1) is 0 Å². The fraction of sp³-hybridized carbons (Fsp3) is 0.583. The van der Waals surface area contributed by atoms with Crippen molar-refractivity contribution in [2.24, 2.45) is 0 Å². The summed E-state index contributed by atoms with van der Waals surface area (Å²) in [6, 6.07) is 3.82. The number of sulfonamides is 1. The maximum atomic E-state index is 11.7. The highest BCUT2D eigenvalue weighted by Crippen LogP contribution is 2.20. The van der Waals surface area contributed by atoms with E-state index >= 15 is 0 Å². The van der Waals surface area contributed by atoms with Crippen molar-refractivity contribution < 1.29 is 8.42 Å². The van der Waals surface area contributed by atoms with Crippen molar-refractivity contribution in [3.63, 3.8) is 0 Å². The number of hydrogen-bond donors (Lipinski definition) is 2. The smallest absolute Gasteiger partial charge is 0.213 e. The van der Waals surface area contributed by atoms with Crippen molar-refractivity contribution in [2.45, 2.75) is 31.8 Å². The molecule has 0 radical (unpaired) electrons. The molecule has 7 heteroatoms. The number of nitrogens with zero attached hydrogens (tertiary/aromatic N) is 1. The number of nitrogens with one attached hydrogen (secondary N) is 2. The van der Waals surface area contributed by atoms with Gasteiger partial charge in [-0.1, -0.05) is 17.7 Å². The summed E-state index contributed by atoms with van der Waals surface area (Å²) in [6.07, 6.45) is 3.53. The molecule has 1 atom stereocenters. The Hall–Kier alpha value is -0.690. The zero-order valence-electron chi connectivity index (χ0n) is 10.8. The predicted molar refractivity (Wildman–Crippen MR) is 75.6 cm³/mol. The van der Waals surface area contributed by atoms with Crippen LogP contribution in [-0.2, 0) is 10.0 Å². The van der Waals surface area contributed by atoms with Gasteiger partial charge in [0.25, 0.3) is 0 Å². The molecule has 1 aromatic heterocycles. The molecule has 0 amide bonds. The Morgan fingerprint density at radius 3 is 2.89 bits per heavy atom. The van der Waals surface area contributed by atoms with Crippen molar-refractivity contribution in [1.29, 1.82) is 0 Å². The standard InChI is InChI=1S/C12H18ClN3O2S/c1-9(11-3-2-6-15-12(11)13)14-7-8-19(17,18)16-10-4-5-10/h2-3,6,9-10,14,16H,4-5,7-8H2,1H3.